The smallest absolute Gasteiger partial charge is 0.329 e. The summed E-state index contributed by atoms with van der Waals surface area (Å²) >= 11 is 0. The Labute approximate surface area is 347 Å². The molecule has 3 N–H and O–H groups in total. The van der Waals surface area contributed by atoms with Crippen LogP contribution in [0.1, 0.15) is 93.8 Å². The fourth-order valence-corrected chi connectivity index (χ4v) is 10.3. The lowest BCUT2D eigenvalue weighted by atomic mass is 9.94. The molecular weight excluding hydrogens is 789 g/mol. The molecule has 2 saturated carbocycles. The molecule has 1 aliphatic heterocycles. The van der Waals surface area contributed by atoms with E-state index in [2.05, 4.69) is 20.3 Å². The monoisotopic (exact) mass is 840 g/mol. The van der Waals surface area contributed by atoms with Gasteiger partial charge in [0.15, 0.2) is 0 Å². The van der Waals surface area contributed by atoms with Gasteiger partial charge in [-0.25, -0.2) is 22.9 Å². The van der Waals surface area contributed by atoms with Gasteiger partial charge in [-0.1, -0.05) is 18.9 Å². The number of aryl methyl sites for hydroxylation is 3. The molecule has 2 aliphatic carbocycles. The van der Waals surface area contributed by atoms with E-state index in [4.69, 9.17) is 14.5 Å². The number of piperidine rings is 1. The fourth-order valence-electron chi connectivity index (χ4n) is 8.86. The van der Waals surface area contributed by atoms with Crippen LogP contribution in [0.2, 0.25) is 0 Å². The summed E-state index contributed by atoms with van der Waals surface area (Å²) < 4.78 is 46.5. The first-order valence-corrected chi connectivity index (χ1v) is 22.4. The fraction of sp³-hybridized carbons (Fsp3) is 0.488. The maximum Gasteiger partial charge on any atom is 0.329 e. The number of imidazole rings is 1. The first-order chi connectivity index (χ1) is 28.9. The van der Waals surface area contributed by atoms with E-state index in [1.54, 1.807) is 48.1 Å². The van der Waals surface area contributed by atoms with Gasteiger partial charge >= 0.3 is 5.69 Å². The van der Waals surface area contributed by atoms with Crippen LogP contribution in [0.5, 0.6) is 0 Å². The molecule has 1 unspecified atom stereocenters. The molecule has 3 aliphatic rings. The van der Waals surface area contributed by atoms with Gasteiger partial charge in [-0.2, -0.15) is 4.98 Å². The molecule has 2 amide bonds. The summed E-state index contributed by atoms with van der Waals surface area (Å²) in [7, 11) is -2.07. The average molecular weight is 841 g/mol. The summed E-state index contributed by atoms with van der Waals surface area (Å²) in [5, 5.41) is 6.35. The SMILES string of the molecule is Cc1cc(S(=O)(=O)NC2CCC(OCCOCCCc3ccc4c(c3)n(C)c(=O)n4C3CCC(=O)NC3=O)CC2)ccc1Nc1ncc2ccc(=O)n(C3CCCC3)c2n1. The second-order valence-corrected chi connectivity index (χ2v) is 18.0. The molecule has 0 radical (unpaired) electrons. The number of amides is 2. The Balaban J connectivity index is 0.758. The van der Waals surface area contributed by atoms with E-state index in [0.29, 0.717) is 61.9 Å². The summed E-state index contributed by atoms with van der Waals surface area (Å²) in [6.45, 7) is 3.28. The molecule has 318 valence electrons. The highest BCUT2D eigenvalue weighted by Gasteiger charge is 2.31. The predicted molar refractivity (Wildman–Crippen MR) is 226 cm³/mol. The minimum atomic E-state index is -3.76. The molecule has 5 aromatic rings. The van der Waals surface area contributed by atoms with Crippen LogP contribution in [0, 0.1) is 6.92 Å². The number of fused-ring (bicyclic) bond motifs is 2. The maximum absolute atomic E-state index is 13.4. The van der Waals surface area contributed by atoms with Crippen LogP contribution in [-0.4, -0.2) is 75.9 Å². The van der Waals surface area contributed by atoms with Crippen molar-refractivity contribution in [2.24, 2.45) is 7.05 Å². The lowest BCUT2D eigenvalue weighted by Gasteiger charge is -2.29. The molecule has 3 fully saturated rings. The predicted octanol–water partition coefficient (Wildman–Crippen LogP) is 4.85. The molecule has 60 heavy (non-hydrogen) atoms. The van der Waals surface area contributed by atoms with E-state index >= 15 is 0 Å². The van der Waals surface area contributed by atoms with Gasteiger partial charge in [0.2, 0.25) is 27.8 Å². The molecule has 4 heterocycles. The molecule has 0 spiro atoms. The van der Waals surface area contributed by atoms with Gasteiger partial charge in [0.05, 0.1) is 35.2 Å². The van der Waals surface area contributed by atoms with Gasteiger partial charge in [0, 0.05) is 55.5 Å². The number of anilines is 2. The first kappa shape index (κ1) is 41.5. The average Bonchev–Trinajstić information content (AvgIpc) is 3.85. The number of hydrogen-bond acceptors (Lipinski definition) is 11. The Kier molecular flexibility index (Phi) is 12.3. The summed E-state index contributed by atoms with van der Waals surface area (Å²) in [5.41, 5.74) is 4.08. The third-order valence-corrected chi connectivity index (χ3v) is 13.6. The van der Waals surface area contributed by atoms with E-state index in [-0.39, 0.29) is 46.7 Å². The lowest BCUT2D eigenvalue weighted by Crippen LogP contribution is -2.44. The summed E-state index contributed by atoms with van der Waals surface area (Å²) in [6.07, 6.45) is 10.7. The first-order valence-electron chi connectivity index (χ1n) is 21.0. The summed E-state index contributed by atoms with van der Waals surface area (Å²) in [6, 6.07) is 13.3. The molecule has 17 heteroatoms. The Bertz CT molecular complexity index is 2640. The largest absolute Gasteiger partial charge is 0.379 e. The Morgan fingerprint density at radius 1 is 0.867 bits per heavy atom. The molecule has 8 rings (SSSR count). The molecule has 1 atom stereocenters. The molecule has 0 bridgehead atoms. The summed E-state index contributed by atoms with van der Waals surface area (Å²) in [5.74, 6) is -0.431. The van der Waals surface area contributed by atoms with Crippen molar-refractivity contribution in [3.05, 3.63) is 86.7 Å². The maximum atomic E-state index is 13.4. The number of sulfonamides is 1. The van der Waals surface area contributed by atoms with E-state index in [0.717, 1.165) is 73.4 Å². The zero-order chi connectivity index (χ0) is 42.0. The van der Waals surface area contributed by atoms with Crippen LogP contribution in [0.3, 0.4) is 0 Å². The number of carbonyl (C=O) groups is 2. The lowest BCUT2D eigenvalue weighted by molar-refractivity contribution is -0.135. The minimum absolute atomic E-state index is 0.0398. The molecule has 2 aromatic carbocycles. The Morgan fingerprint density at radius 2 is 1.67 bits per heavy atom. The number of rotatable bonds is 15. The number of nitrogens with one attached hydrogen (secondary N) is 3. The van der Waals surface area contributed by atoms with E-state index in [1.807, 2.05) is 25.1 Å². The number of carbonyl (C=O) groups excluding carboxylic acids is 2. The van der Waals surface area contributed by atoms with Gasteiger partial charge in [-0.05, 0) is 112 Å². The quantitative estimate of drug-likeness (QED) is 0.0963. The van der Waals surface area contributed by atoms with E-state index in [9.17, 15) is 27.6 Å². The number of pyridine rings is 1. The van der Waals surface area contributed by atoms with Crippen molar-refractivity contribution in [2.45, 2.75) is 113 Å². The van der Waals surface area contributed by atoms with Crippen LogP contribution < -0.4 is 26.6 Å². The van der Waals surface area contributed by atoms with Crippen LogP contribution >= 0.6 is 0 Å². The van der Waals surface area contributed by atoms with E-state index < -0.39 is 22.0 Å². The highest BCUT2D eigenvalue weighted by atomic mass is 32.2. The Hall–Kier alpha value is -5.23. The third-order valence-electron chi connectivity index (χ3n) is 12.1. The van der Waals surface area contributed by atoms with Crippen molar-refractivity contribution >= 4 is 55.5 Å². The number of nitrogens with zero attached hydrogens (tertiary/aromatic N) is 5. The number of ether oxygens (including phenoxy) is 2. The van der Waals surface area contributed by atoms with Crippen molar-refractivity contribution in [1.29, 1.82) is 0 Å². The van der Waals surface area contributed by atoms with Crippen molar-refractivity contribution in [2.75, 3.05) is 25.1 Å². The van der Waals surface area contributed by atoms with Crippen molar-refractivity contribution in [1.82, 2.24) is 33.7 Å². The van der Waals surface area contributed by atoms with Crippen LogP contribution in [0.15, 0.2) is 69.2 Å². The van der Waals surface area contributed by atoms with Gasteiger partial charge in [-0.15, -0.1) is 0 Å². The standard InChI is InChI=1S/C43H52N8O8S/c1-27-24-33(15-16-34(27)45-42-44-26-29-10-20-39(53)50(40(29)47-42)31-7-3-4-8-31)60(56,57)48-30-11-13-32(14-12-30)59-23-22-58-21-5-6-28-9-17-35-37(25-28)49(2)43(55)51(35)36-18-19-38(52)46-41(36)54/h9-10,15-17,20,24-26,30-32,36,48H,3-8,11-14,18-19,21-23H2,1-2H3,(H,44,45,47)(H,46,52,54). The van der Waals surface area contributed by atoms with Gasteiger partial charge in [0.1, 0.15) is 11.7 Å². The van der Waals surface area contributed by atoms with Crippen molar-refractivity contribution < 1.29 is 27.5 Å². The van der Waals surface area contributed by atoms with Gasteiger partial charge < -0.3 is 14.8 Å². The normalized spacial score (nSPS) is 20.3. The highest BCUT2D eigenvalue weighted by molar-refractivity contribution is 7.89. The van der Waals surface area contributed by atoms with Crippen LogP contribution in [0.25, 0.3) is 22.1 Å². The molecule has 16 nitrogen and oxygen atoms in total. The summed E-state index contributed by atoms with van der Waals surface area (Å²) in [4.78, 5) is 59.3. The number of benzene rings is 2. The Morgan fingerprint density at radius 3 is 2.43 bits per heavy atom. The zero-order valence-corrected chi connectivity index (χ0v) is 34.8. The van der Waals surface area contributed by atoms with Crippen molar-refractivity contribution in [3.63, 3.8) is 0 Å². The molecule has 1 saturated heterocycles. The number of hydrogen-bond donors (Lipinski definition) is 3. The minimum Gasteiger partial charge on any atom is -0.379 e. The topological polar surface area (TPSA) is 198 Å². The third kappa shape index (κ3) is 8.94. The molecular formula is C43H52N8O8S. The highest BCUT2D eigenvalue weighted by Crippen LogP contribution is 2.31. The van der Waals surface area contributed by atoms with Gasteiger partial charge in [0.25, 0.3) is 5.56 Å². The zero-order valence-electron chi connectivity index (χ0n) is 34.0. The van der Waals surface area contributed by atoms with Crippen LogP contribution in [0.4, 0.5) is 11.6 Å². The second kappa shape index (κ2) is 17.8. The molecule has 3 aromatic heterocycles. The van der Waals surface area contributed by atoms with Gasteiger partial charge in [-0.3, -0.25) is 33.4 Å². The van der Waals surface area contributed by atoms with E-state index in [1.165, 1.54) is 9.13 Å². The van der Waals surface area contributed by atoms with Crippen molar-refractivity contribution in [3.8, 4) is 0 Å². The number of imide groups is 1. The second-order valence-electron chi connectivity index (χ2n) is 16.2. The number of aromatic nitrogens is 5. The van der Waals surface area contributed by atoms with Crippen LogP contribution in [-0.2, 0) is 42.6 Å².